The minimum atomic E-state index is -4.01. The fraction of sp³-hybridized carbons (Fsp3) is 0.0952. The minimum Gasteiger partial charge on any atom is -0.325 e. The normalized spacial score (nSPS) is 12.4. The molecule has 0 aliphatic carbocycles. The average molecular weight is 495 g/mol. The first-order valence-corrected chi connectivity index (χ1v) is 11.1. The van der Waals surface area contributed by atoms with Gasteiger partial charge >= 0.3 is 0 Å². The van der Waals surface area contributed by atoms with Crippen LogP contribution >= 0.6 is 15.9 Å². The third-order valence-electron chi connectivity index (χ3n) is 4.21. The predicted molar refractivity (Wildman–Crippen MR) is 113 cm³/mol. The first-order valence-electron chi connectivity index (χ1n) is 8.82. The third-order valence-corrected chi connectivity index (χ3v) is 6.22. The SMILES string of the molecule is O=C(Nc1ccc(F)c(F)c1)[C@H](Cc1ccccc1)NS(=O)(=O)c1ccc(Br)cc1. The molecule has 0 radical (unpaired) electrons. The van der Waals surface area contributed by atoms with Gasteiger partial charge in [0.05, 0.1) is 4.90 Å². The molecule has 3 aromatic rings. The molecule has 5 nitrogen and oxygen atoms in total. The molecule has 0 aliphatic heterocycles. The van der Waals surface area contributed by atoms with Crippen molar-refractivity contribution in [1.82, 2.24) is 4.72 Å². The Kier molecular flexibility index (Phi) is 6.96. The molecule has 0 aromatic heterocycles. The number of halogens is 3. The van der Waals surface area contributed by atoms with Crippen LogP contribution in [0.3, 0.4) is 0 Å². The lowest BCUT2D eigenvalue weighted by Crippen LogP contribution is -2.45. The van der Waals surface area contributed by atoms with Crippen LogP contribution in [0, 0.1) is 11.6 Å². The van der Waals surface area contributed by atoms with E-state index >= 15 is 0 Å². The van der Waals surface area contributed by atoms with Gasteiger partial charge in [-0.25, -0.2) is 17.2 Å². The second-order valence-corrected chi connectivity index (χ2v) is 9.07. The maximum Gasteiger partial charge on any atom is 0.242 e. The number of amides is 1. The van der Waals surface area contributed by atoms with E-state index in [9.17, 15) is 22.0 Å². The molecule has 9 heteroatoms. The molecule has 1 atom stereocenters. The summed E-state index contributed by atoms with van der Waals surface area (Å²) in [6, 6.07) is 16.5. The second-order valence-electron chi connectivity index (χ2n) is 6.44. The number of anilines is 1. The lowest BCUT2D eigenvalue weighted by atomic mass is 10.1. The van der Waals surface area contributed by atoms with Gasteiger partial charge in [0.2, 0.25) is 15.9 Å². The molecular formula is C21H17BrF2N2O3S. The van der Waals surface area contributed by atoms with Gasteiger partial charge in [-0.3, -0.25) is 4.79 Å². The third kappa shape index (κ3) is 5.71. The summed E-state index contributed by atoms with van der Waals surface area (Å²) in [6.07, 6.45) is 0.0616. The van der Waals surface area contributed by atoms with Gasteiger partial charge in [-0.15, -0.1) is 0 Å². The molecule has 30 heavy (non-hydrogen) atoms. The largest absolute Gasteiger partial charge is 0.325 e. The van der Waals surface area contributed by atoms with Crippen molar-refractivity contribution in [2.24, 2.45) is 0 Å². The van der Waals surface area contributed by atoms with E-state index in [0.717, 1.165) is 17.7 Å². The van der Waals surface area contributed by atoms with Crippen molar-refractivity contribution in [1.29, 1.82) is 0 Å². The standard InChI is InChI=1S/C21H17BrF2N2O3S/c22-15-6-9-17(10-7-15)30(28,29)26-20(12-14-4-2-1-3-5-14)21(27)25-16-8-11-18(23)19(24)13-16/h1-11,13,20,26H,12H2,(H,25,27)/t20-/m0/s1. The highest BCUT2D eigenvalue weighted by Gasteiger charge is 2.26. The van der Waals surface area contributed by atoms with Crippen molar-refractivity contribution >= 4 is 37.5 Å². The molecule has 0 heterocycles. The van der Waals surface area contributed by atoms with Crippen LogP contribution in [0.2, 0.25) is 0 Å². The topological polar surface area (TPSA) is 75.3 Å². The van der Waals surface area contributed by atoms with Crippen LogP contribution in [0.25, 0.3) is 0 Å². The number of carbonyl (C=O) groups is 1. The molecular weight excluding hydrogens is 478 g/mol. The van der Waals surface area contributed by atoms with E-state index in [2.05, 4.69) is 26.0 Å². The summed E-state index contributed by atoms with van der Waals surface area (Å²) in [5, 5.41) is 2.43. The number of sulfonamides is 1. The second kappa shape index (κ2) is 9.46. The van der Waals surface area contributed by atoms with Crippen molar-refractivity contribution in [3.05, 3.63) is 94.5 Å². The van der Waals surface area contributed by atoms with Crippen molar-refractivity contribution in [2.75, 3.05) is 5.32 Å². The number of hydrogen-bond donors (Lipinski definition) is 2. The first-order chi connectivity index (χ1) is 14.2. The van der Waals surface area contributed by atoms with Gasteiger partial charge < -0.3 is 5.32 Å². The zero-order valence-electron chi connectivity index (χ0n) is 15.5. The van der Waals surface area contributed by atoms with Crippen LogP contribution in [-0.2, 0) is 21.2 Å². The van der Waals surface area contributed by atoms with Gasteiger partial charge in [0.25, 0.3) is 0 Å². The summed E-state index contributed by atoms with van der Waals surface area (Å²) in [5.41, 5.74) is 0.737. The number of hydrogen-bond acceptors (Lipinski definition) is 3. The van der Waals surface area contributed by atoms with Crippen LogP contribution < -0.4 is 10.0 Å². The molecule has 0 bridgehead atoms. The number of carbonyl (C=O) groups excluding carboxylic acids is 1. The van der Waals surface area contributed by atoms with Gasteiger partial charge in [-0.1, -0.05) is 46.3 Å². The van der Waals surface area contributed by atoms with Gasteiger partial charge in [0, 0.05) is 16.2 Å². The van der Waals surface area contributed by atoms with Gasteiger partial charge in [0.15, 0.2) is 11.6 Å². The quantitative estimate of drug-likeness (QED) is 0.515. The fourth-order valence-electron chi connectivity index (χ4n) is 2.71. The van der Waals surface area contributed by atoms with Crippen molar-refractivity contribution in [2.45, 2.75) is 17.4 Å². The average Bonchev–Trinajstić information content (AvgIpc) is 2.71. The summed E-state index contributed by atoms with van der Waals surface area (Å²) in [7, 11) is -4.01. The van der Waals surface area contributed by atoms with Crippen LogP contribution in [-0.4, -0.2) is 20.4 Å². The number of nitrogens with one attached hydrogen (secondary N) is 2. The Morgan fingerprint density at radius 3 is 2.23 bits per heavy atom. The summed E-state index contributed by atoms with van der Waals surface area (Å²) in [4.78, 5) is 12.8. The van der Waals surface area contributed by atoms with Crippen molar-refractivity contribution in [3.8, 4) is 0 Å². The lowest BCUT2D eigenvalue weighted by molar-refractivity contribution is -0.117. The molecule has 0 spiro atoms. The molecule has 0 fully saturated rings. The fourth-order valence-corrected chi connectivity index (χ4v) is 4.17. The predicted octanol–water partition coefficient (Wildman–Crippen LogP) is 4.26. The Bertz CT molecular complexity index is 1140. The Hall–Kier alpha value is -2.62. The van der Waals surface area contributed by atoms with Gasteiger partial charge in [-0.05, 0) is 48.4 Å². The van der Waals surface area contributed by atoms with Crippen molar-refractivity contribution < 1.29 is 22.0 Å². The zero-order chi connectivity index (χ0) is 21.7. The van der Waals surface area contributed by atoms with E-state index in [0.29, 0.717) is 4.47 Å². The lowest BCUT2D eigenvalue weighted by Gasteiger charge is -2.19. The molecule has 1 amide bonds. The number of rotatable bonds is 7. The van der Waals surface area contributed by atoms with Crippen LogP contribution in [0.4, 0.5) is 14.5 Å². The van der Waals surface area contributed by atoms with Gasteiger partial charge in [0.1, 0.15) is 6.04 Å². The van der Waals surface area contributed by atoms with E-state index in [-0.39, 0.29) is 17.0 Å². The van der Waals surface area contributed by atoms with Gasteiger partial charge in [-0.2, -0.15) is 4.72 Å². The Morgan fingerprint density at radius 1 is 0.933 bits per heavy atom. The van der Waals surface area contributed by atoms with Crippen LogP contribution in [0.15, 0.2) is 82.2 Å². The summed E-state index contributed by atoms with van der Waals surface area (Å²) < 4.78 is 55.3. The smallest absolute Gasteiger partial charge is 0.242 e. The molecule has 3 aromatic carbocycles. The number of benzene rings is 3. The Balaban J connectivity index is 1.86. The first kappa shape index (κ1) is 22.1. The van der Waals surface area contributed by atoms with E-state index < -0.39 is 33.6 Å². The van der Waals surface area contributed by atoms with Crippen molar-refractivity contribution in [3.63, 3.8) is 0 Å². The minimum absolute atomic E-state index is 0.00983. The molecule has 0 unspecified atom stereocenters. The van der Waals surface area contributed by atoms with E-state index in [1.165, 1.54) is 18.2 Å². The highest BCUT2D eigenvalue weighted by atomic mass is 79.9. The molecule has 0 saturated carbocycles. The maximum atomic E-state index is 13.5. The highest BCUT2D eigenvalue weighted by Crippen LogP contribution is 2.17. The zero-order valence-corrected chi connectivity index (χ0v) is 17.9. The van der Waals surface area contributed by atoms with Crippen LogP contribution in [0.1, 0.15) is 5.56 Å². The molecule has 3 rings (SSSR count). The summed E-state index contributed by atoms with van der Waals surface area (Å²) in [6.45, 7) is 0. The summed E-state index contributed by atoms with van der Waals surface area (Å²) >= 11 is 3.24. The van der Waals surface area contributed by atoms with E-state index in [1.807, 2.05) is 0 Å². The summed E-state index contributed by atoms with van der Waals surface area (Å²) in [5.74, 6) is -2.88. The molecule has 156 valence electrons. The maximum absolute atomic E-state index is 13.5. The molecule has 0 aliphatic rings. The van der Waals surface area contributed by atoms with Crippen LogP contribution in [0.5, 0.6) is 0 Å². The molecule has 0 saturated heterocycles. The molecule has 2 N–H and O–H groups in total. The van der Waals surface area contributed by atoms with E-state index in [4.69, 9.17) is 0 Å². The highest BCUT2D eigenvalue weighted by molar-refractivity contribution is 9.10. The Labute approximate surface area is 181 Å². The van der Waals surface area contributed by atoms with E-state index in [1.54, 1.807) is 42.5 Å². The monoisotopic (exact) mass is 494 g/mol. The Morgan fingerprint density at radius 2 is 1.60 bits per heavy atom.